The van der Waals surface area contributed by atoms with Gasteiger partial charge in [-0.05, 0) is 11.6 Å². The van der Waals surface area contributed by atoms with E-state index >= 15 is 0 Å². The highest BCUT2D eigenvalue weighted by molar-refractivity contribution is 5.71. The van der Waals surface area contributed by atoms with Crippen molar-refractivity contribution in [2.24, 2.45) is 0 Å². The minimum Gasteiger partial charge on any atom is -0.369 e. The first-order valence-electron chi connectivity index (χ1n) is 5.94. The Balaban J connectivity index is 1.66. The molecule has 0 amide bonds. The van der Waals surface area contributed by atoms with E-state index in [2.05, 4.69) is 62.9 Å². The minimum atomic E-state index is 0.894. The summed E-state index contributed by atoms with van der Waals surface area (Å²) >= 11 is 0. The number of hydrogen-bond acceptors (Lipinski definition) is 3. The molecule has 1 aromatic heterocycles. The topological polar surface area (TPSA) is 44.8 Å². The number of rotatable bonds is 3. The van der Waals surface area contributed by atoms with E-state index in [1.54, 1.807) is 6.20 Å². The second-order valence-corrected chi connectivity index (χ2v) is 4.25. The Bertz CT molecular complexity index is 555. The molecule has 2 heterocycles. The molecule has 0 atom stereocenters. The van der Waals surface area contributed by atoms with Crippen LogP contribution in [0.2, 0.25) is 0 Å². The standard InChI is InChI=1S/C14H14N4/c1-2-4-12(5-3-1)11-18-8-6-13(7-9-18)14-10-15-17-16-14/h1-8,10H,9,11H2,(H,15,16,17). The zero-order valence-corrected chi connectivity index (χ0v) is 9.95. The third-order valence-corrected chi connectivity index (χ3v) is 2.95. The molecular weight excluding hydrogens is 224 g/mol. The number of aromatic nitrogens is 3. The lowest BCUT2D eigenvalue weighted by Crippen LogP contribution is -2.19. The van der Waals surface area contributed by atoms with E-state index < -0.39 is 0 Å². The number of allylic oxidation sites excluding steroid dienone is 2. The molecule has 0 unspecified atom stereocenters. The summed E-state index contributed by atoms with van der Waals surface area (Å²) in [5.41, 5.74) is 3.33. The first kappa shape index (κ1) is 10.8. The van der Waals surface area contributed by atoms with Crippen LogP contribution in [0.5, 0.6) is 0 Å². The maximum absolute atomic E-state index is 4.07. The van der Waals surface area contributed by atoms with E-state index in [1.165, 1.54) is 5.56 Å². The van der Waals surface area contributed by atoms with Crippen LogP contribution < -0.4 is 0 Å². The molecule has 0 spiro atoms. The van der Waals surface area contributed by atoms with Gasteiger partial charge in [-0.25, -0.2) is 0 Å². The molecule has 1 N–H and O–H groups in total. The Morgan fingerprint density at radius 2 is 2.11 bits per heavy atom. The molecule has 18 heavy (non-hydrogen) atoms. The second-order valence-electron chi connectivity index (χ2n) is 4.25. The van der Waals surface area contributed by atoms with Gasteiger partial charge >= 0.3 is 0 Å². The van der Waals surface area contributed by atoms with Crippen molar-refractivity contribution in [2.75, 3.05) is 6.54 Å². The first-order valence-corrected chi connectivity index (χ1v) is 5.94. The number of H-pyrrole nitrogens is 1. The number of aromatic amines is 1. The average Bonchev–Trinajstić information content (AvgIpc) is 2.95. The Kier molecular flexibility index (Phi) is 2.92. The van der Waals surface area contributed by atoms with Crippen LogP contribution in [-0.4, -0.2) is 26.9 Å². The molecule has 1 aliphatic rings. The fourth-order valence-electron chi connectivity index (χ4n) is 2.00. The second kappa shape index (κ2) is 4.87. The van der Waals surface area contributed by atoms with Gasteiger partial charge in [0.25, 0.3) is 0 Å². The zero-order valence-electron chi connectivity index (χ0n) is 9.95. The number of benzene rings is 1. The molecule has 0 radical (unpaired) electrons. The SMILES string of the molecule is C1=CN(Cc2ccccc2)CC=C1c1cn[nH]n1. The Morgan fingerprint density at radius 1 is 1.22 bits per heavy atom. The molecule has 0 saturated heterocycles. The molecule has 2 aromatic rings. The van der Waals surface area contributed by atoms with Gasteiger partial charge in [0.05, 0.1) is 6.20 Å². The predicted octanol–water partition coefficient (Wildman–Crippen LogP) is 2.22. The van der Waals surface area contributed by atoms with Crippen molar-refractivity contribution in [3.63, 3.8) is 0 Å². The van der Waals surface area contributed by atoms with Crippen LogP contribution >= 0.6 is 0 Å². The van der Waals surface area contributed by atoms with Crippen LogP contribution in [-0.2, 0) is 6.54 Å². The minimum absolute atomic E-state index is 0.894. The fourth-order valence-corrected chi connectivity index (χ4v) is 2.00. The van der Waals surface area contributed by atoms with Crippen LogP contribution in [0.4, 0.5) is 0 Å². The average molecular weight is 238 g/mol. The lowest BCUT2D eigenvalue weighted by molar-refractivity contribution is 0.406. The van der Waals surface area contributed by atoms with Crippen molar-refractivity contribution in [3.05, 3.63) is 66.1 Å². The molecule has 4 nitrogen and oxygen atoms in total. The highest BCUT2D eigenvalue weighted by Crippen LogP contribution is 2.17. The Morgan fingerprint density at radius 3 is 2.78 bits per heavy atom. The van der Waals surface area contributed by atoms with Gasteiger partial charge in [-0.15, -0.1) is 0 Å². The van der Waals surface area contributed by atoms with Crippen molar-refractivity contribution < 1.29 is 0 Å². The normalized spacial score (nSPS) is 14.7. The van der Waals surface area contributed by atoms with E-state index in [1.807, 2.05) is 6.07 Å². The van der Waals surface area contributed by atoms with E-state index in [4.69, 9.17) is 0 Å². The van der Waals surface area contributed by atoms with Crippen molar-refractivity contribution in [1.29, 1.82) is 0 Å². The fraction of sp³-hybridized carbons (Fsp3) is 0.143. The van der Waals surface area contributed by atoms with Gasteiger partial charge in [-0.2, -0.15) is 15.4 Å². The summed E-state index contributed by atoms with van der Waals surface area (Å²) in [7, 11) is 0. The van der Waals surface area contributed by atoms with Crippen molar-refractivity contribution >= 4 is 5.57 Å². The number of nitrogens with zero attached hydrogens (tertiary/aromatic N) is 3. The van der Waals surface area contributed by atoms with Crippen molar-refractivity contribution in [2.45, 2.75) is 6.54 Å². The molecule has 1 aromatic carbocycles. The molecule has 0 bridgehead atoms. The van der Waals surface area contributed by atoms with Gasteiger partial charge in [0.1, 0.15) is 5.69 Å². The van der Waals surface area contributed by atoms with Gasteiger partial charge < -0.3 is 4.90 Å². The molecule has 4 heteroatoms. The van der Waals surface area contributed by atoms with Crippen molar-refractivity contribution in [3.8, 4) is 0 Å². The quantitative estimate of drug-likeness (QED) is 0.891. The smallest absolute Gasteiger partial charge is 0.112 e. The third-order valence-electron chi connectivity index (χ3n) is 2.95. The summed E-state index contributed by atoms with van der Waals surface area (Å²) in [4.78, 5) is 2.26. The molecule has 3 rings (SSSR count). The van der Waals surface area contributed by atoms with E-state index in [0.717, 1.165) is 24.4 Å². The van der Waals surface area contributed by atoms with Gasteiger partial charge in [0.2, 0.25) is 0 Å². The molecule has 1 aliphatic heterocycles. The summed E-state index contributed by atoms with van der Waals surface area (Å²) < 4.78 is 0. The van der Waals surface area contributed by atoms with E-state index in [-0.39, 0.29) is 0 Å². The first-order chi connectivity index (χ1) is 8.92. The molecule has 90 valence electrons. The van der Waals surface area contributed by atoms with Gasteiger partial charge in [-0.1, -0.05) is 36.4 Å². The molecule has 0 fully saturated rings. The monoisotopic (exact) mass is 238 g/mol. The summed E-state index contributed by atoms with van der Waals surface area (Å²) in [6.07, 6.45) is 8.09. The zero-order chi connectivity index (χ0) is 12.2. The summed E-state index contributed by atoms with van der Waals surface area (Å²) in [6, 6.07) is 10.5. The summed E-state index contributed by atoms with van der Waals surface area (Å²) in [5.74, 6) is 0. The lowest BCUT2D eigenvalue weighted by Gasteiger charge is -2.22. The highest BCUT2D eigenvalue weighted by atomic mass is 15.3. The van der Waals surface area contributed by atoms with Gasteiger partial charge in [0.15, 0.2) is 0 Å². The molecule has 0 saturated carbocycles. The van der Waals surface area contributed by atoms with E-state index in [9.17, 15) is 0 Å². The lowest BCUT2D eigenvalue weighted by atomic mass is 10.1. The summed E-state index contributed by atoms with van der Waals surface area (Å²) in [5, 5.41) is 10.5. The maximum Gasteiger partial charge on any atom is 0.112 e. The van der Waals surface area contributed by atoms with Crippen LogP contribution in [0, 0.1) is 0 Å². The van der Waals surface area contributed by atoms with Crippen LogP contribution in [0.1, 0.15) is 11.3 Å². The molecule has 0 aliphatic carbocycles. The predicted molar refractivity (Wildman–Crippen MR) is 70.4 cm³/mol. The maximum atomic E-state index is 4.07. The third kappa shape index (κ3) is 2.32. The summed E-state index contributed by atoms with van der Waals surface area (Å²) in [6.45, 7) is 1.83. The van der Waals surface area contributed by atoms with Gasteiger partial charge in [0, 0.05) is 24.9 Å². The number of hydrogen-bond donors (Lipinski definition) is 1. The van der Waals surface area contributed by atoms with Crippen molar-refractivity contribution in [1.82, 2.24) is 20.3 Å². The van der Waals surface area contributed by atoms with Crippen LogP contribution in [0.25, 0.3) is 5.57 Å². The van der Waals surface area contributed by atoms with Gasteiger partial charge in [-0.3, -0.25) is 0 Å². The Labute approximate surface area is 106 Å². The van der Waals surface area contributed by atoms with Crippen LogP contribution in [0.15, 0.2) is 54.9 Å². The van der Waals surface area contributed by atoms with Crippen LogP contribution in [0.3, 0.4) is 0 Å². The Hall–Kier alpha value is -2.36. The largest absolute Gasteiger partial charge is 0.369 e. The number of nitrogens with one attached hydrogen (secondary N) is 1. The highest BCUT2D eigenvalue weighted by Gasteiger charge is 2.08. The van der Waals surface area contributed by atoms with E-state index in [0.29, 0.717) is 0 Å². The molecular formula is C14H14N4.